The Morgan fingerprint density at radius 2 is 1.66 bits per heavy atom. The maximum atomic E-state index is 12.7. The third kappa shape index (κ3) is 4.51. The van der Waals surface area contributed by atoms with Gasteiger partial charge in [0.25, 0.3) is 0 Å². The van der Waals surface area contributed by atoms with E-state index in [4.69, 9.17) is 14.0 Å². The standard InChI is InChI=1S/C27H30BN3O4/c1-26(2)27(3,4)35-28(34-26)19(13-18-14-30-31-15-18)16-29-25(32)33-17-24-22-11-7-5-9-20(22)21-10-6-8-12-23(21)24/h5-15,24H,16-17H2,1-4H3,(H,29,32)(H,30,31). The van der Waals surface area contributed by atoms with Gasteiger partial charge in [0.15, 0.2) is 0 Å². The van der Waals surface area contributed by atoms with Crippen LogP contribution in [0.3, 0.4) is 0 Å². The molecule has 0 unspecified atom stereocenters. The van der Waals surface area contributed by atoms with E-state index in [-0.39, 0.29) is 19.1 Å². The van der Waals surface area contributed by atoms with Crippen molar-refractivity contribution in [2.24, 2.45) is 0 Å². The van der Waals surface area contributed by atoms with Crippen molar-refractivity contribution >= 4 is 19.3 Å². The van der Waals surface area contributed by atoms with Crippen LogP contribution >= 0.6 is 0 Å². The molecular weight excluding hydrogens is 441 g/mol. The van der Waals surface area contributed by atoms with Crippen LogP contribution in [-0.2, 0) is 14.0 Å². The van der Waals surface area contributed by atoms with Gasteiger partial charge in [-0.25, -0.2) is 4.79 Å². The summed E-state index contributed by atoms with van der Waals surface area (Å²) in [6.07, 6.45) is 4.91. The minimum atomic E-state index is -0.594. The highest BCUT2D eigenvalue weighted by atomic mass is 16.7. The molecule has 5 rings (SSSR count). The number of nitrogens with one attached hydrogen (secondary N) is 2. The minimum absolute atomic E-state index is 0.0113. The molecule has 0 bridgehead atoms. The molecule has 1 aliphatic heterocycles. The fraction of sp³-hybridized carbons (Fsp3) is 0.333. The SMILES string of the molecule is CC1(C)OB(C(=Cc2cn[nH]c2)CNC(=O)OCC2c3ccccc3-c3ccccc32)OC1(C)C. The molecule has 1 saturated heterocycles. The average molecular weight is 471 g/mol. The first-order valence-electron chi connectivity index (χ1n) is 11.9. The number of ether oxygens (including phenoxy) is 1. The smallest absolute Gasteiger partial charge is 0.449 e. The molecule has 1 fully saturated rings. The first kappa shape index (κ1) is 23.4. The third-order valence-electron chi connectivity index (χ3n) is 7.21. The molecule has 2 N–H and O–H groups in total. The predicted octanol–water partition coefficient (Wildman–Crippen LogP) is 4.96. The first-order valence-corrected chi connectivity index (χ1v) is 11.9. The predicted molar refractivity (Wildman–Crippen MR) is 136 cm³/mol. The number of hydrogen-bond acceptors (Lipinski definition) is 5. The number of rotatable bonds is 6. The molecule has 180 valence electrons. The lowest BCUT2D eigenvalue weighted by molar-refractivity contribution is 0.00578. The van der Waals surface area contributed by atoms with Gasteiger partial charge in [-0.2, -0.15) is 5.10 Å². The number of fused-ring (bicyclic) bond motifs is 3. The molecule has 7 nitrogen and oxygen atoms in total. The van der Waals surface area contributed by atoms with Crippen LogP contribution in [0.2, 0.25) is 0 Å². The molecule has 0 radical (unpaired) electrons. The summed E-state index contributed by atoms with van der Waals surface area (Å²) >= 11 is 0. The minimum Gasteiger partial charge on any atom is -0.449 e. The van der Waals surface area contributed by atoms with Crippen molar-refractivity contribution in [2.45, 2.75) is 44.8 Å². The summed E-state index contributed by atoms with van der Waals surface area (Å²) < 4.78 is 18.1. The van der Waals surface area contributed by atoms with Gasteiger partial charge >= 0.3 is 13.2 Å². The van der Waals surface area contributed by atoms with Gasteiger partial charge < -0.3 is 19.4 Å². The summed E-state index contributed by atoms with van der Waals surface area (Å²) in [6.45, 7) is 8.49. The molecule has 0 atom stereocenters. The van der Waals surface area contributed by atoms with Gasteiger partial charge in [0.05, 0.1) is 17.4 Å². The Morgan fingerprint density at radius 3 is 2.23 bits per heavy atom. The van der Waals surface area contributed by atoms with E-state index >= 15 is 0 Å². The molecule has 0 spiro atoms. The van der Waals surface area contributed by atoms with Crippen LogP contribution in [0, 0.1) is 0 Å². The highest BCUT2D eigenvalue weighted by molar-refractivity contribution is 6.56. The quantitative estimate of drug-likeness (QED) is 0.497. The Balaban J connectivity index is 1.26. The normalized spacial score (nSPS) is 18.3. The monoisotopic (exact) mass is 471 g/mol. The number of benzene rings is 2. The molecule has 1 amide bonds. The number of hydrogen-bond donors (Lipinski definition) is 2. The molecule has 2 heterocycles. The fourth-order valence-electron chi connectivity index (χ4n) is 4.57. The largest absolute Gasteiger partial charge is 0.492 e. The average Bonchev–Trinajstić information content (AvgIpc) is 3.50. The van der Waals surface area contributed by atoms with Gasteiger partial charge in [-0.1, -0.05) is 54.6 Å². The van der Waals surface area contributed by atoms with Crippen molar-refractivity contribution < 1.29 is 18.8 Å². The van der Waals surface area contributed by atoms with Gasteiger partial charge in [0.2, 0.25) is 0 Å². The van der Waals surface area contributed by atoms with Crippen LogP contribution in [0.1, 0.15) is 50.3 Å². The molecular formula is C27H30BN3O4. The van der Waals surface area contributed by atoms with E-state index in [0.29, 0.717) is 0 Å². The number of aromatic amines is 1. The second-order valence-corrected chi connectivity index (χ2v) is 10.0. The van der Waals surface area contributed by atoms with Gasteiger partial charge in [0, 0.05) is 24.2 Å². The summed E-state index contributed by atoms with van der Waals surface area (Å²) in [5, 5.41) is 9.68. The van der Waals surface area contributed by atoms with Crippen molar-refractivity contribution in [1.29, 1.82) is 0 Å². The molecule has 0 saturated carbocycles. The van der Waals surface area contributed by atoms with Crippen molar-refractivity contribution in [2.75, 3.05) is 13.2 Å². The van der Waals surface area contributed by atoms with Crippen LogP contribution in [0.15, 0.2) is 66.4 Å². The molecule has 2 aromatic carbocycles. The van der Waals surface area contributed by atoms with Crippen molar-refractivity contribution in [3.63, 3.8) is 0 Å². The Kier molecular flexibility index (Phi) is 6.03. The highest BCUT2D eigenvalue weighted by Gasteiger charge is 2.52. The highest BCUT2D eigenvalue weighted by Crippen LogP contribution is 2.44. The third-order valence-corrected chi connectivity index (χ3v) is 7.21. The van der Waals surface area contributed by atoms with E-state index in [9.17, 15) is 4.79 Å². The molecule has 8 heteroatoms. The van der Waals surface area contributed by atoms with Crippen molar-refractivity contribution in [1.82, 2.24) is 15.5 Å². The van der Waals surface area contributed by atoms with Crippen LogP contribution in [-0.4, -0.2) is 47.8 Å². The van der Waals surface area contributed by atoms with Crippen LogP contribution in [0.4, 0.5) is 4.79 Å². The maximum absolute atomic E-state index is 12.7. The van der Waals surface area contributed by atoms with E-state index in [2.05, 4.69) is 39.8 Å². The number of alkyl carbamates (subject to hydrolysis) is 1. The van der Waals surface area contributed by atoms with Crippen LogP contribution < -0.4 is 5.32 Å². The van der Waals surface area contributed by atoms with E-state index in [1.54, 1.807) is 12.4 Å². The van der Waals surface area contributed by atoms with Crippen molar-refractivity contribution in [3.8, 4) is 11.1 Å². The molecule has 35 heavy (non-hydrogen) atoms. The zero-order valence-electron chi connectivity index (χ0n) is 20.5. The lowest BCUT2D eigenvalue weighted by Gasteiger charge is -2.32. The maximum Gasteiger partial charge on any atom is 0.492 e. The van der Waals surface area contributed by atoms with Crippen molar-refractivity contribution in [3.05, 3.63) is 83.1 Å². The fourth-order valence-corrected chi connectivity index (χ4v) is 4.57. The summed E-state index contributed by atoms with van der Waals surface area (Å²) in [5.74, 6) is 0.0113. The lowest BCUT2D eigenvalue weighted by Crippen LogP contribution is -2.41. The van der Waals surface area contributed by atoms with E-state index < -0.39 is 24.4 Å². The number of carbonyl (C=O) groups is 1. The number of nitrogens with zero attached hydrogens (tertiary/aromatic N) is 1. The van der Waals surface area contributed by atoms with Gasteiger partial charge in [-0.05, 0) is 55.4 Å². The van der Waals surface area contributed by atoms with Gasteiger partial charge in [0.1, 0.15) is 6.61 Å². The van der Waals surface area contributed by atoms with E-state index in [0.717, 1.165) is 11.0 Å². The Bertz CT molecular complexity index is 1190. The summed E-state index contributed by atoms with van der Waals surface area (Å²) in [5.41, 5.74) is 5.42. The van der Waals surface area contributed by atoms with Crippen LogP contribution in [0.25, 0.3) is 17.2 Å². The Labute approximate surface area is 206 Å². The zero-order chi connectivity index (χ0) is 24.6. The van der Waals surface area contributed by atoms with Crippen LogP contribution in [0.5, 0.6) is 0 Å². The lowest BCUT2D eigenvalue weighted by atomic mass is 9.77. The zero-order valence-corrected chi connectivity index (χ0v) is 20.5. The van der Waals surface area contributed by atoms with E-state index in [1.165, 1.54) is 22.3 Å². The summed E-state index contributed by atoms with van der Waals surface area (Å²) in [4.78, 5) is 12.7. The van der Waals surface area contributed by atoms with Gasteiger partial charge in [-0.15, -0.1) is 0 Å². The number of amides is 1. The second kappa shape index (κ2) is 9.02. The molecule has 3 aromatic rings. The number of carbonyl (C=O) groups excluding carboxylic acids is 1. The number of H-pyrrole nitrogens is 1. The number of aromatic nitrogens is 2. The first-order chi connectivity index (χ1) is 16.7. The molecule has 1 aliphatic carbocycles. The summed E-state index contributed by atoms with van der Waals surface area (Å²) in [7, 11) is -0.594. The molecule has 2 aliphatic rings. The second-order valence-electron chi connectivity index (χ2n) is 10.0. The van der Waals surface area contributed by atoms with E-state index in [1.807, 2.05) is 58.0 Å². The topological polar surface area (TPSA) is 85.5 Å². The Morgan fingerprint density at radius 1 is 1.06 bits per heavy atom. The summed E-state index contributed by atoms with van der Waals surface area (Å²) in [6, 6.07) is 16.6. The molecule has 1 aromatic heterocycles. The Hall–Kier alpha value is -3.36. The van der Waals surface area contributed by atoms with Gasteiger partial charge in [-0.3, -0.25) is 5.10 Å².